The Balaban J connectivity index is 2.13. The molecule has 0 saturated heterocycles. The SMILES string of the molecule is CC1CCc2c(Br)nc(-c3cccc(O)c3)n2C1. The Hall–Kier alpha value is -1.29. The van der Waals surface area contributed by atoms with Crippen molar-refractivity contribution >= 4 is 15.9 Å². The van der Waals surface area contributed by atoms with Crippen LogP contribution in [0.15, 0.2) is 28.9 Å². The minimum atomic E-state index is 0.282. The number of fused-ring (bicyclic) bond motifs is 1. The fourth-order valence-corrected chi connectivity index (χ4v) is 3.12. The van der Waals surface area contributed by atoms with Gasteiger partial charge in [0.05, 0.1) is 5.69 Å². The Morgan fingerprint density at radius 2 is 2.28 bits per heavy atom. The molecule has 1 aromatic heterocycles. The molecule has 0 amide bonds. The number of nitrogens with zero attached hydrogens (tertiary/aromatic N) is 2. The molecule has 1 unspecified atom stereocenters. The Morgan fingerprint density at radius 3 is 3.06 bits per heavy atom. The van der Waals surface area contributed by atoms with Crippen LogP contribution in [0.3, 0.4) is 0 Å². The average molecular weight is 307 g/mol. The monoisotopic (exact) mass is 306 g/mol. The fourth-order valence-electron chi connectivity index (χ4n) is 2.54. The maximum atomic E-state index is 9.59. The zero-order chi connectivity index (χ0) is 12.7. The highest BCUT2D eigenvalue weighted by atomic mass is 79.9. The van der Waals surface area contributed by atoms with E-state index in [0.717, 1.165) is 29.0 Å². The molecule has 3 nitrogen and oxygen atoms in total. The molecule has 2 heterocycles. The van der Waals surface area contributed by atoms with Gasteiger partial charge < -0.3 is 9.67 Å². The van der Waals surface area contributed by atoms with Crippen molar-refractivity contribution < 1.29 is 5.11 Å². The van der Waals surface area contributed by atoms with E-state index in [1.807, 2.05) is 12.1 Å². The standard InChI is InChI=1S/C14H15BrN2O/c1-9-5-6-12-13(15)16-14(17(12)8-9)10-3-2-4-11(18)7-10/h2-4,7,9,18H,5-6,8H2,1H3. The van der Waals surface area contributed by atoms with Crippen LogP contribution in [0.2, 0.25) is 0 Å². The number of benzene rings is 1. The number of halogens is 1. The first kappa shape index (κ1) is 11.8. The third-order valence-corrected chi connectivity index (χ3v) is 4.13. The molecule has 94 valence electrons. The van der Waals surface area contributed by atoms with Crippen LogP contribution in [0.25, 0.3) is 11.4 Å². The summed E-state index contributed by atoms with van der Waals surface area (Å²) in [7, 11) is 0. The van der Waals surface area contributed by atoms with E-state index in [-0.39, 0.29) is 5.75 Å². The summed E-state index contributed by atoms with van der Waals surface area (Å²) in [5.41, 5.74) is 2.24. The summed E-state index contributed by atoms with van der Waals surface area (Å²) in [5, 5.41) is 9.59. The first-order valence-electron chi connectivity index (χ1n) is 6.19. The molecule has 0 radical (unpaired) electrons. The lowest BCUT2D eigenvalue weighted by molar-refractivity contribution is 0.401. The zero-order valence-electron chi connectivity index (χ0n) is 10.2. The van der Waals surface area contributed by atoms with Crippen LogP contribution in [0.4, 0.5) is 0 Å². The molecule has 1 aliphatic heterocycles. The van der Waals surface area contributed by atoms with Gasteiger partial charge in [-0.15, -0.1) is 0 Å². The van der Waals surface area contributed by atoms with E-state index >= 15 is 0 Å². The number of phenolic OH excluding ortho intramolecular Hbond substituents is 1. The Bertz CT molecular complexity index is 591. The topological polar surface area (TPSA) is 38.1 Å². The van der Waals surface area contributed by atoms with Crippen molar-refractivity contribution in [1.82, 2.24) is 9.55 Å². The molecule has 0 saturated carbocycles. The Labute approximate surface area is 115 Å². The molecule has 2 aromatic rings. The minimum absolute atomic E-state index is 0.282. The second-order valence-corrected chi connectivity index (χ2v) is 5.73. The molecule has 4 heteroatoms. The number of phenols is 1. The molecule has 0 fully saturated rings. The maximum Gasteiger partial charge on any atom is 0.141 e. The zero-order valence-corrected chi connectivity index (χ0v) is 11.8. The summed E-state index contributed by atoms with van der Waals surface area (Å²) >= 11 is 3.54. The van der Waals surface area contributed by atoms with E-state index in [1.54, 1.807) is 12.1 Å². The molecule has 1 aliphatic rings. The van der Waals surface area contributed by atoms with E-state index in [0.29, 0.717) is 5.92 Å². The highest BCUT2D eigenvalue weighted by Gasteiger charge is 2.22. The Kier molecular flexibility index (Phi) is 2.90. The van der Waals surface area contributed by atoms with E-state index in [9.17, 15) is 5.11 Å². The van der Waals surface area contributed by atoms with Crippen LogP contribution in [0.5, 0.6) is 5.75 Å². The molecule has 0 spiro atoms. The number of hydrogen-bond acceptors (Lipinski definition) is 2. The molecular formula is C14H15BrN2O. The van der Waals surface area contributed by atoms with Crippen LogP contribution in [0, 0.1) is 5.92 Å². The molecule has 0 aliphatic carbocycles. The molecule has 1 atom stereocenters. The molecular weight excluding hydrogens is 292 g/mol. The summed E-state index contributed by atoms with van der Waals surface area (Å²) in [6.45, 7) is 3.27. The average Bonchev–Trinajstić information content (AvgIpc) is 2.66. The number of aromatic hydroxyl groups is 1. The lowest BCUT2D eigenvalue weighted by atomic mass is 10.00. The van der Waals surface area contributed by atoms with Gasteiger partial charge in [0.2, 0.25) is 0 Å². The molecule has 1 N–H and O–H groups in total. The second-order valence-electron chi connectivity index (χ2n) is 4.98. The van der Waals surface area contributed by atoms with Gasteiger partial charge >= 0.3 is 0 Å². The predicted octanol–water partition coefficient (Wildman–Crippen LogP) is 3.60. The van der Waals surface area contributed by atoms with Gasteiger partial charge in [-0.2, -0.15) is 0 Å². The van der Waals surface area contributed by atoms with Gasteiger partial charge in [0, 0.05) is 12.1 Å². The van der Waals surface area contributed by atoms with Crippen molar-refractivity contribution in [3.05, 3.63) is 34.6 Å². The largest absolute Gasteiger partial charge is 0.508 e. The molecule has 3 rings (SSSR count). The van der Waals surface area contributed by atoms with Crippen molar-refractivity contribution in [2.75, 3.05) is 0 Å². The number of rotatable bonds is 1. The third kappa shape index (κ3) is 1.94. The van der Waals surface area contributed by atoms with Gasteiger partial charge in [-0.25, -0.2) is 4.98 Å². The molecule has 18 heavy (non-hydrogen) atoms. The van der Waals surface area contributed by atoms with Crippen LogP contribution in [-0.2, 0) is 13.0 Å². The number of aromatic nitrogens is 2. The van der Waals surface area contributed by atoms with Crippen molar-refractivity contribution in [3.8, 4) is 17.1 Å². The van der Waals surface area contributed by atoms with Gasteiger partial charge in [-0.3, -0.25) is 0 Å². The summed E-state index contributed by atoms with van der Waals surface area (Å²) in [5.74, 6) is 1.90. The first-order valence-corrected chi connectivity index (χ1v) is 6.99. The minimum Gasteiger partial charge on any atom is -0.508 e. The lowest BCUT2D eigenvalue weighted by Crippen LogP contribution is -2.18. The summed E-state index contributed by atoms with van der Waals surface area (Å²) < 4.78 is 3.21. The molecule has 1 aromatic carbocycles. The van der Waals surface area contributed by atoms with Gasteiger partial charge in [0.25, 0.3) is 0 Å². The fraction of sp³-hybridized carbons (Fsp3) is 0.357. The van der Waals surface area contributed by atoms with Crippen LogP contribution >= 0.6 is 15.9 Å². The van der Waals surface area contributed by atoms with Gasteiger partial charge in [-0.05, 0) is 46.8 Å². The predicted molar refractivity (Wildman–Crippen MR) is 74.5 cm³/mol. The van der Waals surface area contributed by atoms with E-state index in [1.165, 1.54) is 12.1 Å². The lowest BCUT2D eigenvalue weighted by Gasteiger charge is -2.22. The van der Waals surface area contributed by atoms with Crippen molar-refractivity contribution in [2.24, 2.45) is 5.92 Å². The highest BCUT2D eigenvalue weighted by Crippen LogP contribution is 2.32. The smallest absolute Gasteiger partial charge is 0.141 e. The van der Waals surface area contributed by atoms with Crippen molar-refractivity contribution in [3.63, 3.8) is 0 Å². The van der Waals surface area contributed by atoms with Crippen LogP contribution < -0.4 is 0 Å². The van der Waals surface area contributed by atoms with E-state index < -0.39 is 0 Å². The van der Waals surface area contributed by atoms with E-state index in [4.69, 9.17) is 0 Å². The number of imidazole rings is 1. The van der Waals surface area contributed by atoms with Crippen molar-refractivity contribution in [2.45, 2.75) is 26.3 Å². The van der Waals surface area contributed by atoms with E-state index in [2.05, 4.69) is 32.4 Å². The third-order valence-electron chi connectivity index (χ3n) is 3.50. The summed E-state index contributed by atoms with van der Waals surface area (Å²) in [6, 6.07) is 7.29. The second kappa shape index (κ2) is 4.43. The quantitative estimate of drug-likeness (QED) is 0.874. The van der Waals surface area contributed by atoms with Gasteiger partial charge in [-0.1, -0.05) is 19.1 Å². The van der Waals surface area contributed by atoms with Gasteiger partial charge in [0.15, 0.2) is 0 Å². The maximum absolute atomic E-state index is 9.59. The van der Waals surface area contributed by atoms with Crippen LogP contribution in [0.1, 0.15) is 19.0 Å². The highest BCUT2D eigenvalue weighted by molar-refractivity contribution is 9.10. The normalized spacial score (nSPS) is 18.7. The van der Waals surface area contributed by atoms with Gasteiger partial charge in [0.1, 0.15) is 16.2 Å². The Morgan fingerprint density at radius 1 is 1.44 bits per heavy atom. The van der Waals surface area contributed by atoms with Crippen molar-refractivity contribution in [1.29, 1.82) is 0 Å². The summed E-state index contributed by atoms with van der Waals surface area (Å²) in [4.78, 5) is 4.61. The van der Waals surface area contributed by atoms with Crippen LogP contribution in [-0.4, -0.2) is 14.7 Å². The first-order chi connectivity index (χ1) is 8.65. The number of hydrogen-bond donors (Lipinski definition) is 1. The summed E-state index contributed by atoms with van der Waals surface area (Å²) in [6.07, 6.45) is 2.28. The molecule has 0 bridgehead atoms.